The molecular formula is C26H28N2O3. The van der Waals surface area contributed by atoms with Crippen LogP contribution >= 0.6 is 0 Å². The molecule has 0 aliphatic carbocycles. The molecule has 3 aromatic rings. The number of rotatable bonds is 8. The lowest BCUT2D eigenvalue weighted by Gasteiger charge is -2.12. The highest BCUT2D eigenvalue weighted by atomic mass is 16.5. The van der Waals surface area contributed by atoms with Crippen molar-refractivity contribution in [3.63, 3.8) is 0 Å². The lowest BCUT2D eigenvalue weighted by Crippen LogP contribution is -2.27. The molecule has 0 bridgehead atoms. The van der Waals surface area contributed by atoms with Crippen LogP contribution in [0.15, 0.2) is 72.8 Å². The lowest BCUT2D eigenvalue weighted by molar-refractivity contribution is 0.0948. The lowest BCUT2D eigenvalue weighted by atomic mass is 10.1. The first-order valence-electron chi connectivity index (χ1n) is 10.4. The van der Waals surface area contributed by atoms with E-state index in [4.69, 9.17) is 4.74 Å². The van der Waals surface area contributed by atoms with E-state index in [-0.39, 0.29) is 11.8 Å². The van der Waals surface area contributed by atoms with E-state index in [1.165, 1.54) is 0 Å². The van der Waals surface area contributed by atoms with Crippen LogP contribution < -0.4 is 15.4 Å². The number of ether oxygens (including phenoxy) is 1. The Kier molecular flexibility index (Phi) is 7.44. The van der Waals surface area contributed by atoms with Crippen molar-refractivity contribution in [2.24, 2.45) is 5.92 Å². The van der Waals surface area contributed by atoms with Crippen molar-refractivity contribution in [1.29, 1.82) is 0 Å². The van der Waals surface area contributed by atoms with Gasteiger partial charge < -0.3 is 15.4 Å². The van der Waals surface area contributed by atoms with E-state index in [1.54, 1.807) is 30.3 Å². The maximum absolute atomic E-state index is 12.6. The largest absolute Gasteiger partial charge is 0.489 e. The number of amides is 2. The number of hydrogen-bond donors (Lipinski definition) is 2. The van der Waals surface area contributed by atoms with Gasteiger partial charge in [0, 0.05) is 23.4 Å². The topological polar surface area (TPSA) is 67.4 Å². The van der Waals surface area contributed by atoms with Crippen molar-refractivity contribution in [3.05, 3.63) is 95.1 Å². The molecule has 0 unspecified atom stereocenters. The zero-order valence-electron chi connectivity index (χ0n) is 18.1. The molecule has 3 rings (SSSR count). The molecule has 5 heteroatoms. The third-order valence-electron chi connectivity index (χ3n) is 4.77. The van der Waals surface area contributed by atoms with Crippen LogP contribution in [-0.4, -0.2) is 18.4 Å². The molecule has 0 fully saturated rings. The number of anilines is 1. The van der Waals surface area contributed by atoms with Crippen LogP contribution in [0.2, 0.25) is 0 Å². The molecule has 0 heterocycles. The van der Waals surface area contributed by atoms with E-state index in [9.17, 15) is 9.59 Å². The van der Waals surface area contributed by atoms with Gasteiger partial charge in [-0.25, -0.2) is 0 Å². The van der Waals surface area contributed by atoms with Gasteiger partial charge >= 0.3 is 0 Å². The summed E-state index contributed by atoms with van der Waals surface area (Å²) in [6, 6.07) is 22.2. The Morgan fingerprint density at radius 3 is 2.19 bits per heavy atom. The van der Waals surface area contributed by atoms with E-state index in [0.29, 0.717) is 35.9 Å². The minimum absolute atomic E-state index is 0.108. The molecule has 0 aliphatic heterocycles. The quantitative estimate of drug-likeness (QED) is 0.530. The van der Waals surface area contributed by atoms with Gasteiger partial charge in [-0.1, -0.05) is 44.2 Å². The molecule has 31 heavy (non-hydrogen) atoms. The number of carbonyl (C=O) groups is 2. The van der Waals surface area contributed by atoms with Crippen molar-refractivity contribution in [1.82, 2.24) is 5.32 Å². The predicted molar refractivity (Wildman–Crippen MR) is 124 cm³/mol. The van der Waals surface area contributed by atoms with E-state index in [0.717, 1.165) is 16.9 Å². The SMILES string of the molecule is Cc1cc(C(=O)NCC(C)C)ccc1NC(=O)c1ccc(COc2ccccc2)cc1. The third kappa shape index (κ3) is 6.44. The second kappa shape index (κ2) is 10.4. The number of para-hydroxylation sites is 1. The van der Waals surface area contributed by atoms with E-state index < -0.39 is 0 Å². The van der Waals surface area contributed by atoms with Gasteiger partial charge in [-0.15, -0.1) is 0 Å². The first-order chi connectivity index (χ1) is 14.9. The summed E-state index contributed by atoms with van der Waals surface area (Å²) in [4.78, 5) is 24.9. The van der Waals surface area contributed by atoms with Crippen molar-refractivity contribution in [3.8, 4) is 5.75 Å². The Hall–Kier alpha value is -3.60. The van der Waals surface area contributed by atoms with Crippen LogP contribution in [0.3, 0.4) is 0 Å². The summed E-state index contributed by atoms with van der Waals surface area (Å²) in [6.07, 6.45) is 0. The van der Waals surface area contributed by atoms with Gasteiger partial charge in [-0.05, 0) is 66.4 Å². The maximum atomic E-state index is 12.6. The Bertz CT molecular complexity index is 1030. The first-order valence-corrected chi connectivity index (χ1v) is 10.4. The van der Waals surface area contributed by atoms with Crippen LogP contribution in [0.1, 0.15) is 45.7 Å². The molecule has 0 atom stereocenters. The number of carbonyl (C=O) groups excluding carboxylic acids is 2. The second-order valence-electron chi connectivity index (χ2n) is 7.89. The van der Waals surface area contributed by atoms with E-state index in [1.807, 2.05) is 63.2 Å². The molecular weight excluding hydrogens is 388 g/mol. The minimum atomic E-state index is -0.198. The van der Waals surface area contributed by atoms with Crippen LogP contribution in [0.5, 0.6) is 5.75 Å². The molecule has 5 nitrogen and oxygen atoms in total. The summed E-state index contributed by atoms with van der Waals surface area (Å²) in [5.41, 5.74) is 3.63. The average Bonchev–Trinajstić information content (AvgIpc) is 2.78. The first kappa shape index (κ1) is 22.1. The molecule has 0 saturated carbocycles. The van der Waals surface area contributed by atoms with Crippen molar-refractivity contribution in [2.45, 2.75) is 27.4 Å². The zero-order chi connectivity index (χ0) is 22.2. The minimum Gasteiger partial charge on any atom is -0.489 e. The van der Waals surface area contributed by atoms with Crippen molar-refractivity contribution >= 4 is 17.5 Å². The monoisotopic (exact) mass is 416 g/mol. The maximum Gasteiger partial charge on any atom is 0.255 e. The normalized spacial score (nSPS) is 10.6. The average molecular weight is 417 g/mol. The summed E-state index contributed by atoms with van der Waals surface area (Å²) in [5.74, 6) is 0.889. The standard InChI is InChI=1S/C26H28N2O3/c1-18(2)16-27-25(29)22-13-14-24(19(3)15-22)28-26(30)21-11-9-20(10-12-21)17-31-23-7-5-4-6-8-23/h4-15,18H,16-17H2,1-3H3,(H,27,29)(H,28,30). The summed E-state index contributed by atoms with van der Waals surface area (Å²) < 4.78 is 5.73. The fraction of sp³-hybridized carbons (Fsp3) is 0.231. The number of aryl methyl sites for hydroxylation is 1. The number of benzene rings is 3. The predicted octanol–water partition coefficient (Wildman–Crippen LogP) is 5.21. The number of hydrogen-bond acceptors (Lipinski definition) is 3. The molecule has 2 N–H and O–H groups in total. The fourth-order valence-corrected chi connectivity index (χ4v) is 2.97. The van der Waals surface area contributed by atoms with E-state index in [2.05, 4.69) is 10.6 Å². The molecule has 0 aromatic heterocycles. The number of nitrogens with one attached hydrogen (secondary N) is 2. The Morgan fingerprint density at radius 1 is 0.871 bits per heavy atom. The van der Waals surface area contributed by atoms with Crippen molar-refractivity contribution in [2.75, 3.05) is 11.9 Å². The summed E-state index contributed by atoms with van der Waals surface area (Å²) in [6.45, 7) is 7.03. The molecule has 2 amide bonds. The van der Waals surface area contributed by atoms with Gasteiger partial charge in [0.25, 0.3) is 11.8 Å². The van der Waals surface area contributed by atoms with Gasteiger partial charge in [0.05, 0.1) is 0 Å². The van der Waals surface area contributed by atoms with Gasteiger partial charge in [0.1, 0.15) is 12.4 Å². The van der Waals surface area contributed by atoms with Crippen LogP contribution in [0.4, 0.5) is 5.69 Å². The highest BCUT2D eigenvalue weighted by Crippen LogP contribution is 2.18. The summed E-state index contributed by atoms with van der Waals surface area (Å²) >= 11 is 0. The smallest absolute Gasteiger partial charge is 0.255 e. The summed E-state index contributed by atoms with van der Waals surface area (Å²) in [7, 11) is 0. The molecule has 0 aliphatic rings. The Balaban J connectivity index is 1.58. The molecule has 3 aromatic carbocycles. The van der Waals surface area contributed by atoms with Crippen LogP contribution in [0.25, 0.3) is 0 Å². The van der Waals surface area contributed by atoms with Crippen LogP contribution in [0, 0.1) is 12.8 Å². The van der Waals surface area contributed by atoms with Crippen molar-refractivity contribution < 1.29 is 14.3 Å². The van der Waals surface area contributed by atoms with Gasteiger partial charge in [-0.3, -0.25) is 9.59 Å². The molecule has 0 radical (unpaired) electrons. The highest BCUT2D eigenvalue weighted by molar-refractivity contribution is 6.05. The van der Waals surface area contributed by atoms with E-state index >= 15 is 0 Å². The van der Waals surface area contributed by atoms with Gasteiger partial charge in [0.15, 0.2) is 0 Å². The second-order valence-corrected chi connectivity index (χ2v) is 7.89. The summed E-state index contributed by atoms with van der Waals surface area (Å²) in [5, 5.41) is 5.82. The molecule has 0 spiro atoms. The highest BCUT2D eigenvalue weighted by Gasteiger charge is 2.11. The molecule has 160 valence electrons. The zero-order valence-corrected chi connectivity index (χ0v) is 18.1. The third-order valence-corrected chi connectivity index (χ3v) is 4.77. The Morgan fingerprint density at radius 2 is 1.55 bits per heavy atom. The van der Waals surface area contributed by atoms with Gasteiger partial charge in [-0.2, -0.15) is 0 Å². The Labute approximate surface area is 183 Å². The molecule has 0 saturated heterocycles. The van der Waals surface area contributed by atoms with Crippen LogP contribution in [-0.2, 0) is 6.61 Å². The fourth-order valence-electron chi connectivity index (χ4n) is 2.97. The van der Waals surface area contributed by atoms with Gasteiger partial charge in [0.2, 0.25) is 0 Å².